The number of ether oxygens (including phenoxy) is 1. The van der Waals surface area contributed by atoms with E-state index in [9.17, 15) is 0 Å². The van der Waals surface area contributed by atoms with Crippen LogP contribution in [0.5, 0.6) is 11.5 Å². The molecule has 0 saturated carbocycles. The summed E-state index contributed by atoms with van der Waals surface area (Å²) < 4.78 is 12.1. The van der Waals surface area contributed by atoms with E-state index in [1.165, 1.54) is 0 Å². The number of halogens is 7. The Morgan fingerprint density at radius 1 is 0.550 bits per heavy atom. The molecule has 0 radical (unpaired) electrons. The van der Waals surface area contributed by atoms with Crippen LogP contribution in [-0.2, 0) is 0 Å². The molecule has 0 aliphatic rings. The maximum Gasteiger partial charge on any atom is 0.158 e. The van der Waals surface area contributed by atoms with Gasteiger partial charge in [0.15, 0.2) is 11.5 Å². The first kappa shape index (κ1) is 17.9. The lowest BCUT2D eigenvalue weighted by molar-refractivity contribution is 0.469. The van der Waals surface area contributed by atoms with Crippen LogP contribution in [0.4, 0.5) is 0 Å². The molecule has 0 unspecified atom stereocenters. The van der Waals surface area contributed by atoms with Gasteiger partial charge >= 0.3 is 0 Å². The molecule has 0 fully saturated rings. The van der Waals surface area contributed by atoms with Crippen LogP contribution in [-0.4, -0.2) is 0 Å². The standard InChI is InChI=1S/C12H3Br7O/c13-4-1-2-5(14)11(8(4)17)20-12-9(18)6(15)3-7(16)10(12)19/h1-3H. The zero-order chi connectivity index (χ0) is 15.0. The second-order valence-electron chi connectivity index (χ2n) is 3.57. The summed E-state index contributed by atoms with van der Waals surface area (Å²) in [7, 11) is 0. The molecule has 0 saturated heterocycles. The molecule has 0 bridgehead atoms. The van der Waals surface area contributed by atoms with Crippen molar-refractivity contribution in [1.82, 2.24) is 0 Å². The second-order valence-corrected chi connectivity index (χ2v) is 9.37. The predicted octanol–water partition coefficient (Wildman–Crippen LogP) is 8.82. The van der Waals surface area contributed by atoms with Gasteiger partial charge in [-0.15, -0.1) is 0 Å². The fourth-order valence-corrected chi connectivity index (χ4v) is 4.94. The van der Waals surface area contributed by atoms with Crippen LogP contribution in [0, 0.1) is 0 Å². The van der Waals surface area contributed by atoms with Crippen LogP contribution >= 0.6 is 112 Å². The molecule has 0 spiro atoms. The Hall–Kier alpha value is 1.60. The smallest absolute Gasteiger partial charge is 0.158 e. The molecule has 20 heavy (non-hydrogen) atoms. The highest BCUT2D eigenvalue weighted by molar-refractivity contribution is 9.14. The van der Waals surface area contributed by atoms with Gasteiger partial charge < -0.3 is 4.74 Å². The average Bonchev–Trinajstić information content (AvgIpc) is 2.40. The van der Waals surface area contributed by atoms with E-state index in [0.29, 0.717) is 11.5 Å². The molecule has 2 rings (SSSR count). The van der Waals surface area contributed by atoms with Gasteiger partial charge in [-0.3, -0.25) is 0 Å². The van der Waals surface area contributed by atoms with Gasteiger partial charge in [-0.05, 0) is 130 Å². The minimum absolute atomic E-state index is 0.672. The van der Waals surface area contributed by atoms with Crippen molar-refractivity contribution in [2.24, 2.45) is 0 Å². The van der Waals surface area contributed by atoms with Crippen molar-refractivity contribution in [3.05, 3.63) is 49.5 Å². The highest BCUT2D eigenvalue weighted by Crippen LogP contribution is 2.48. The molecule has 0 aliphatic heterocycles. The largest absolute Gasteiger partial charge is 0.452 e. The Labute approximate surface area is 175 Å². The molecule has 0 aromatic heterocycles. The lowest BCUT2D eigenvalue weighted by Gasteiger charge is -2.15. The second kappa shape index (κ2) is 7.45. The molecule has 0 aliphatic carbocycles. The van der Waals surface area contributed by atoms with Crippen molar-refractivity contribution < 1.29 is 4.74 Å². The molecular weight excluding hydrogens is 719 g/mol. The average molecular weight is 722 g/mol. The van der Waals surface area contributed by atoms with E-state index in [0.717, 1.165) is 31.3 Å². The quantitative estimate of drug-likeness (QED) is 0.282. The van der Waals surface area contributed by atoms with Gasteiger partial charge in [-0.1, -0.05) is 0 Å². The summed E-state index contributed by atoms with van der Waals surface area (Å²) in [4.78, 5) is 0. The van der Waals surface area contributed by atoms with E-state index in [-0.39, 0.29) is 0 Å². The summed E-state index contributed by atoms with van der Waals surface area (Å²) in [6, 6.07) is 5.78. The van der Waals surface area contributed by atoms with Crippen molar-refractivity contribution in [2.45, 2.75) is 0 Å². The van der Waals surface area contributed by atoms with Crippen LogP contribution in [0.3, 0.4) is 0 Å². The van der Waals surface area contributed by atoms with Crippen LogP contribution in [0.1, 0.15) is 0 Å². The van der Waals surface area contributed by atoms with Crippen molar-refractivity contribution in [2.75, 3.05) is 0 Å². The van der Waals surface area contributed by atoms with Crippen LogP contribution in [0.25, 0.3) is 0 Å². The topological polar surface area (TPSA) is 9.23 Å². The minimum Gasteiger partial charge on any atom is -0.452 e. The maximum atomic E-state index is 6.07. The lowest BCUT2D eigenvalue weighted by atomic mass is 10.3. The maximum absolute atomic E-state index is 6.07. The molecule has 0 heterocycles. The Morgan fingerprint density at radius 2 is 1.00 bits per heavy atom. The zero-order valence-corrected chi connectivity index (χ0v) is 20.4. The van der Waals surface area contributed by atoms with E-state index in [2.05, 4.69) is 112 Å². The van der Waals surface area contributed by atoms with Gasteiger partial charge in [0.05, 0.1) is 17.9 Å². The predicted molar refractivity (Wildman–Crippen MR) is 107 cm³/mol. The minimum atomic E-state index is 0.672. The molecule has 0 N–H and O–H groups in total. The molecular formula is C12H3Br7O. The third-order valence-corrected chi connectivity index (χ3v) is 8.77. The van der Waals surface area contributed by atoms with Gasteiger partial charge in [0.2, 0.25) is 0 Å². The van der Waals surface area contributed by atoms with Crippen molar-refractivity contribution in [3.63, 3.8) is 0 Å². The number of hydrogen-bond donors (Lipinski definition) is 0. The Balaban J connectivity index is 2.59. The van der Waals surface area contributed by atoms with E-state index < -0.39 is 0 Å². The first-order valence-corrected chi connectivity index (χ1v) is 10.5. The Bertz CT molecular complexity index is 658. The van der Waals surface area contributed by atoms with Gasteiger partial charge in [-0.2, -0.15) is 0 Å². The van der Waals surface area contributed by atoms with Gasteiger partial charge in [0.1, 0.15) is 0 Å². The first-order chi connectivity index (χ1) is 9.32. The summed E-state index contributed by atoms with van der Waals surface area (Å²) in [5.74, 6) is 1.36. The third-order valence-electron chi connectivity index (χ3n) is 2.28. The van der Waals surface area contributed by atoms with E-state index in [4.69, 9.17) is 4.74 Å². The van der Waals surface area contributed by atoms with Crippen LogP contribution in [0.2, 0.25) is 0 Å². The molecule has 8 heteroatoms. The molecule has 106 valence electrons. The molecule has 2 aromatic carbocycles. The summed E-state index contributed by atoms with van der Waals surface area (Å²) in [5.41, 5.74) is 0. The van der Waals surface area contributed by atoms with Crippen LogP contribution < -0.4 is 4.74 Å². The van der Waals surface area contributed by atoms with Crippen molar-refractivity contribution >= 4 is 112 Å². The lowest BCUT2D eigenvalue weighted by Crippen LogP contribution is -1.92. The van der Waals surface area contributed by atoms with Crippen LogP contribution in [0.15, 0.2) is 49.5 Å². The van der Waals surface area contributed by atoms with E-state index >= 15 is 0 Å². The summed E-state index contributed by atoms with van der Waals surface area (Å²) in [6.07, 6.45) is 0. The fraction of sp³-hybridized carbons (Fsp3) is 0. The normalized spacial score (nSPS) is 10.8. The van der Waals surface area contributed by atoms with Gasteiger partial charge in [-0.25, -0.2) is 0 Å². The van der Waals surface area contributed by atoms with Gasteiger partial charge in [0.25, 0.3) is 0 Å². The Kier molecular flexibility index (Phi) is 6.68. The molecule has 1 nitrogen and oxygen atoms in total. The SMILES string of the molecule is Brc1ccc(Br)c(Oc2c(Br)c(Br)cc(Br)c2Br)c1Br. The summed E-state index contributed by atoms with van der Waals surface area (Å²) >= 11 is 24.5. The van der Waals surface area contributed by atoms with E-state index in [1.807, 2.05) is 18.2 Å². The molecule has 0 atom stereocenters. The monoisotopic (exact) mass is 715 g/mol. The van der Waals surface area contributed by atoms with Crippen molar-refractivity contribution in [1.29, 1.82) is 0 Å². The van der Waals surface area contributed by atoms with Gasteiger partial charge in [0, 0.05) is 13.4 Å². The third kappa shape index (κ3) is 3.74. The molecule has 2 aromatic rings. The summed E-state index contributed by atoms with van der Waals surface area (Å²) in [6.45, 7) is 0. The van der Waals surface area contributed by atoms with E-state index in [1.54, 1.807) is 0 Å². The highest BCUT2D eigenvalue weighted by Gasteiger charge is 2.18. The number of rotatable bonds is 2. The Morgan fingerprint density at radius 3 is 1.55 bits per heavy atom. The van der Waals surface area contributed by atoms with Crippen molar-refractivity contribution in [3.8, 4) is 11.5 Å². The first-order valence-electron chi connectivity index (χ1n) is 4.97. The fourth-order valence-electron chi connectivity index (χ4n) is 1.34. The zero-order valence-electron chi connectivity index (χ0n) is 9.29. The number of hydrogen-bond acceptors (Lipinski definition) is 1. The number of benzene rings is 2. The molecule has 0 amide bonds. The summed E-state index contributed by atoms with van der Waals surface area (Å²) in [5, 5.41) is 0. The highest BCUT2D eigenvalue weighted by atomic mass is 79.9.